The predicted octanol–water partition coefficient (Wildman–Crippen LogP) is 0.643. The van der Waals surface area contributed by atoms with E-state index in [-0.39, 0.29) is 45.3 Å². The number of esters is 1. The summed E-state index contributed by atoms with van der Waals surface area (Å²) in [5.74, 6) is -1.57. The zero-order valence-electron chi connectivity index (χ0n) is 20.2. The number of fused-ring (bicyclic) bond motifs is 2. The molecule has 3 amide bonds. The number of nitrogens with zero attached hydrogens (tertiary/aromatic N) is 3. The van der Waals surface area contributed by atoms with Crippen LogP contribution in [-0.4, -0.2) is 112 Å². The van der Waals surface area contributed by atoms with Crippen LogP contribution in [0.5, 0.6) is 11.5 Å². The molecular weight excluding hydrogens is 524 g/mol. The zero-order valence-corrected chi connectivity index (χ0v) is 21.8. The number of nitrogens with one attached hydrogen (secondary N) is 1. The minimum atomic E-state index is -0.656. The number of phenols is 2. The van der Waals surface area contributed by atoms with Gasteiger partial charge in [-0.25, -0.2) is 4.79 Å². The third-order valence-corrected chi connectivity index (χ3v) is 9.68. The summed E-state index contributed by atoms with van der Waals surface area (Å²) in [7, 11) is 1.29. The number of piperazine rings is 1. The lowest BCUT2D eigenvalue weighted by molar-refractivity contribution is -0.938. The summed E-state index contributed by atoms with van der Waals surface area (Å²) in [4.78, 5) is 52.9. The largest absolute Gasteiger partial charge is 0.504 e. The number of quaternary nitrogens is 1. The van der Waals surface area contributed by atoms with Crippen LogP contribution in [0.2, 0.25) is 5.02 Å². The maximum atomic E-state index is 13.2. The number of hydrogen-bond acceptors (Lipinski definition) is 8. The first kappa shape index (κ1) is 25.7. The standard InChI is InChI=1S/C24H27ClN4O7S/c1-36-24(35)19-13(11-37-23-18(26-12-30)22(34)28(19)23)10-29-7-2-3-14(29)9-27(6-8-29)21(33)15-4-5-16(31)20(32)17(15)25/h4-5,12,14,18,23H,2-3,6-11H2,1H3,(H2-,26,30,31,32,33)/p+1. The summed E-state index contributed by atoms with van der Waals surface area (Å²) >= 11 is 7.66. The molecule has 5 rings (SSSR count). The number of halogens is 1. The summed E-state index contributed by atoms with van der Waals surface area (Å²) in [6, 6.07) is 2.13. The Hall–Kier alpha value is -2.96. The molecule has 0 aliphatic carbocycles. The summed E-state index contributed by atoms with van der Waals surface area (Å²) in [6.07, 6.45) is 2.37. The predicted molar refractivity (Wildman–Crippen MR) is 134 cm³/mol. The second-order valence-electron chi connectivity index (χ2n) is 9.78. The van der Waals surface area contributed by atoms with Gasteiger partial charge in [0.25, 0.3) is 11.8 Å². The van der Waals surface area contributed by atoms with Crippen molar-refractivity contribution in [3.63, 3.8) is 0 Å². The molecule has 3 N–H and O–H groups in total. The Morgan fingerprint density at radius 2 is 2.11 bits per heavy atom. The van der Waals surface area contributed by atoms with Crippen LogP contribution in [0, 0.1) is 0 Å². The first-order valence-electron chi connectivity index (χ1n) is 12.0. The van der Waals surface area contributed by atoms with Gasteiger partial charge in [-0.2, -0.15) is 0 Å². The van der Waals surface area contributed by atoms with E-state index in [2.05, 4.69) is 5.32 Å². The van der Waals surface area contributed by atoms with Crippen molar-refractivity contribution < 1.29 is 38.6 Å². The first-order valence-corrected chi connectivity index (χ1v) is 13.4. The molecule has 3 fully saturated rings. The van der Waals surface area contributed by atoms with Gasteiger partial charge >= 0.3 is 5.97 Å². The summed E-state index contributed by atoms with van der Waals surface area (Å²) in [5.41, 5.74) is 1.24. The number of hydrogen-bond donors (Lipinski definition) is 3. The van der Waals surface area contributed by atoms with Crippen molar-refractivity contribution in [1.82, 2.24) is 15.1 Å². The van der Waals surface area contributed by atoms with Gasteiger partial charge in [-0.15, -0.1) is 11.8 Å². The Morgan fingerprint density at radius 3 is 2.84 bits per heavy atom. The number of phenolic OH excluding ortho intramolecular Hbond substituents is 2. The third-order valence-electron chi connectivity index (χ3n) is 7.95. The van der Waals surface area contributed by atoms with E-state index in [1.165, 1.54) is 35.9 Å². The van der Waals surface area contributed by atoms with Gasteiger partial charge in [0.1, 0.15) is 29.7 Å². The number of rotatable bonds is 6. The van der Waals surface area contributed by atoms with Gasteiger partial charge in [0.05, 0.1) is 43.9 Å². The number of thioether (sulfide) groups is 1. The minimum Gasteiger partial charge on any atom is -0.504 e. The van der Waals surface area contributed by atoms with Crippen molar-refractivity contribution in [3.8, 4) is 11.5 Å². The number of aromatic hydroxyl groups is 2. The zero-order chi connectivity index (χ0) is 26.5. The lowest BCUT2D eigenvalue weighted by Crippen LogP contribution is -2.70. The molecule has 4 aliphatic heterocycles. The molecule has 0 saturated carbocycles. The Labute approximate surface area is 222 Å². The molecule has 0 spiro atoms. The van der Waals surface area contributed by atoms with Crippen LogP contribution < -0.4 is 5.32 Å². The lowest BCUT2D eigenvalue weighted by atomic mass is 10.0. The van der Waals surface area contributed by atoms with Crippen LogP contribution in [0.3, 0.4) is 0 Å². The highest BCUT2D eigenvalue weighted by atomic mass is 35.5. The fourth-order valence-corrected chi connectivity index (χ4v) is 7.63. The molecule has 11 nitrogen and oxygen atoms in total. The highest BCUT2D eigenvalue weighted by molar-refractivity contribution is 8.00. The van der Waals surface area contributed by atoms with Gasteiger partial charge in [0, 0.05) is 24.2 Å². The highest BCUT2D eigenvalue weighted by Crippen LogP contribution is 2.43. The van der Waals surface area contributed by atoms with Gasteiger partial charge in [-0.05, 0) is 12.1 Å². The topological polar surface area (TPSA) is 136 Å². The monoisotopic (exact) mass is 551 g/mol. The van der Waals surface area contributed by atoms with Crippen LogP contribution >= 0.6 is 23.4 Å². The van der Waals surface area contributed by atoms with Gasteiger partial charge in [-0.1, -0.05) is 11.6 Å². The van der Waals surface area contributed by atoms with E-state index in [4.69, 9.17) is 16.3 Å². The minimum absolute atomic E-state index is 0.132. The maximum Gasteiger partial charge on any atom is 0.355 e. The van der Waals surface area contributed by atoms with Gasteiger partial charge in [-0.3, -0.25) is 19.3 Å². The van der Waals surface area contributed by atoms with Crippen molar-refractivity contribution >= 4 is 47.6 Å². The van der Waals surface area contributed by atoms with Crippen molar-refractivity contribution in [2.45, 2.75) is 30.3 Å². The molecule has 0 radical (unpaired) electrons. The number of benzene rings is 1. The smallest absolute Gasteiger partial charge is 0.355 e. The molecule has 198 valence electrons. The van der Waals surface area contributed by atoms with Gasteiger partial charge in [0.15, 0.2) is 11.5 Å². The average molecular weight is 552 g/mol. The SMILES string of the molecule is COC(=O)C1=C(C[N+]23CCCC2CN(C(=O)c2ccc(O)c(O)c2Cl)CC3)CSC2C(NC=O)C(=O)N12. The fraction of sp³-hybridized carbons (Fsp3) is 0.500. The van der Waals surface area contributed by atoms with E-state index < -0.39 is 17.8 Å². The fourth-order valence-electron chi connectivity index (χ4n) is 6.05. The molecule has 0 bridgehead atoms. The van der Waals surface area contributed by atoms with E-state index in [1.807, 2.05) is 0 Å². The molecule has 4 heterocycles. The van der Waals surface area contributed by atoms with E-state index in [9.17, 15) is 29.4 Å². The number of carbonyl (C=O) groups excluding carboxylic acids is 4. The number of β-lactam (4-membered cyclic amide) rings is 1. The Bertz CT molecular complexity index is 1210. The number of amides is 3. The van der Waals surface area contributed by atoms with E-state index >= 15 is 0 Å². The highest BCUT2D eigenvalue weighted by Gasteiger charge is 2.55. The van der Waals surface area contributed by atoms with Gasteiger partial charge in [0.2, 0.25) is 6.41 Å². The van der Waals surface area contributed by atoms with E-state index in [0.717, 1.165) is 25.0 Å². The van der Waals surface area contributed by atoms with Crippen LogP contribution in [0.25, 0.3) is 0 Å². The van der Waals surface area contributed by atoms with Crippen molar-refractivity contribution in [2.24, 2.45) is 0 Å². The third kappa shape index (κ3) is 4.11. The molecule has 4 atom stereocenters. The molecule has 0 aromatic heterocycles. The van der Waals surface area contributed by atoms with Crippen LogP contribution in [0.1, 0.15) is 23.2 Å². The van der Waals surface area contributed by atoms with Gasteiger partial charge < -0.3 is 29.6 Å². The molecule has 13 heteroatoms. The summed E-state index contributed by atoms with van der Waals surface area (Å²) in [6.45, 7) is 3.06. The van der Waals surface area contributed by atoms with Crippen LogP contribution in [0.4, 0.5) is 0 Å². The quantitative estimate of drug-likeness (QED) is 0.154. The van der Waals surface area contributed by atoms with Crippen LogP contribution in [0.15, 0.2) is 23.4 Å². The van der Waals surface area contributed by atoms with Crippen LogP contribution in [-0.2, 0) is 19.1 Å². The number of ether oxygens (including phenoxy) is 1. The molecule has 4 aliphatic rings. The summed E-state index contributed by atoms with van der Waals surface area (Å²) < 4.78 is 5.75. The molecule has 3 saturated heterocycles. The molecule has 1 aromatic carbocycles. The second-order valence-corrected chi connectivity index (χ2v) is 11.3. The normalized spacial score (nSPS) is 28.8. The molecular formula is C24H28ClN4O7S+. The summed E-state index contributed by atoms with van der Waals surface area (Å²) in [5, 5.41) is 21.6. The second kappa shape index (κ2) is 9.73. The Balaban J connectivity index is 1.38. The molecule has 4 unspecified atom stereocenters. The average Bonchev–Trinajstić information content (AvgIpc) is 3.32. The Kier molecular flexibility index (Phi) is 6.75. The number of methoxy groups -OCH3 is 1. The Morgan fingerprint density at radius 1 is 1.32 bits per heavy atom. The molecule has 37 heavy (non-hydrogen) atoms. The number of carbonyl (C=O) groups is 4. The molecule has 1 aromatic rings. The first-order chi connectivity index (χ1) is 17.7. The van der Waals surface area contributed by atoms with E-state index in [0.29, 0.717) is 42.8 Å². The van der Waals surface area contributed by atoms with Crippen molar-refractivity contribution in [2.75, 3.05) is 45.6 Å². The maximum absolute atomic E-state index is 13.2. The lowest BCUT2D eigenvalue weighted by Gasteiger charge is -2.51. The van der Waals surface area contributed by atoms with Crippen molar-refractivity contribution in [3.05, 3.63) is 34.0 Å². The van der Waals surface area contributed by atoms with E-state index in [1.54, 1.807) is 4.90 Å². The van der Waals surface area contributed by atoms with Crippen molar-refractivity contribution in [1.29, 1.82) is 0 Å².